The number of hydrogen-bond donors (Lipinski definition) is 3. The van der Waals surface area contributed by atoms with Crippen molar-refractivity contribution in [2.75, 3.05) is 20.3 Å². The van der Waals surface area contributed by atoms with Crippen molar-refractivity contribution in [3.8, 4) is 11.5 Å². The summed E-state index contributed by atoms with van der Waals surface area (Å²) in [7, 11) is 1.19. The number of nitrogens with zero attached hydrogens (tertiary/aromatic N) is 1. The second kappa shape index (κ2) is 11.7. The maximum Gasteiger partial charge on any atom is 0.342 e. The third-order valence-electron chi connectivity index (χ3n) is 5.11. The van der Waals surface area contributed by atoms with E-state index in [2.05, 4.69) is 15.2 Å². The molecule has 0 saturated carbocycles. The summed E-state index contributed by atoms with van der Waals surface area (Å²) in [5.74, 6) is -3.03. The smallest absolute Gasteiger partial charge is 0.342 e. The zero-order valence-electron chi connectivity index (χ0n) is 19.0. The highest BCUT2D eigenvalue weighted by Gasteiger charge is 2.38. The van der Waals surface area contributed by atoms with E-state index in [4.69, 9.17) is 25.9 Å². The van der Waals surface area contributed by atoms with Gasteiger partial charge in [0.05, 0.1) is 23.9 Å². The van der Waals surface area contributed by atoms with Crippen LogP contribution in [0.2, 0.25) is 5.02 Å². The van der Waals surface area contributed by atoms with Gasteiger partial charge in [-0.15, -0.1) is 0 Å². The molecule has 12 heteroatoms. The van der Waals surface area contributed by atoms with Crippen LogP contribution < -0.4 is 5.32 Å². The van der Waals surface area contributed by atoms with Crippen molar-refractivity contribution in [3.05, 3.63) is 46.5 Å². The van der Waals surface area contributed by atoms with E-state index in [-0.39, 0.29) is 47.0 Å². The molecule has 0 unspecified atom stereocenters. The minimum atomic E-state index is -0.830. The molecule has 0 bridgehead atoms. The molecule has 2 aliphatic heterocycles. The zero-order chi connectivity index (χ0) is 25.5. The Labute approximate surface area is 205 Å². The fraction of sp³-hybridized carbons (Fsp3) is 0.391. The fourth-order valence-electron chi connectivity index (χ4n) is 3.32. The van der Waals surface area contributed by atoms with Crippen molar-refractivity contribution in [1.29, 1.82) is 0 Å². The maximum absolute atomic E-state index is 12.9. The highest BCUT2D eigenvalue weighted by molar-refractivity contribution is 6.33. The van der Waals surface area contributed by atoms with Crippen molar-refractivity contribution in [2.24, 2.45) is 5.16 Å². The number of benzene rings is 1. The summed E-state index contributed by atoms with van der Waals surface area (Å²) in [6.07, 6.45) is 6.34. The number of allylic oxidation sites excluding steroid dienone is 3. The highest BCUT2D eigenvalue weighted by atomic mass is 35.5. The number of carbonyl (C=O) groups is 3. The van der Waals surface area contributed by atoms with Crippen LogP contribution in [0.1, 0.15) is 29.3 Å². The minimum Gasteiger partial charge on any atom is -0.507 e. The van der Waals surface area contributed by atoms with Gasteiger partial charge in [-0.25, -0.2) is 4.79 Å². The number of cyclic esters (lactones) is 1. The first-order valence-electron chi connectivity index (χ1n) is 10.7. The third kappa shape index (κ3) is 7.20. The first kappa shape index (κ1) is 26.0. The van der Waals surface area contributed by atoms with Gasteiger partial charge in [0.25, 0.3) is 5.91 Å². The minimum absolute atomic E-state index is 0.0603. The molecule has 35 heavy (non-hydrogen) atoms. The number of phenols is 2. The number of epoxide rings is 1. The van der Waals surface area contributed by atoms with Crippen LogP contribution in [-0.2, 0) is 35.1 Å². The lowest BCUT2D eigenvalue weighted by Crippen LogP contribution is -2.32. The third-order valence-corrected chi connectivity index (χ3v) is 5.53. The van der Waals surface area contributed by atoms with Gasteiger partial charge in [-0.2, -0.15) is 0 Å². The van der Waals surface area contributed by atoms with Crippen molar-refractivity contribution in [3.63, 3.8) is 0 Å². The van der Waals surface area contributed by atoms with E-state index in [9.17, 15) is 24.6 Å². The van der Waals surface area contributed by atoms with Crippen molar-refractivity contribution >= 4 is 35.2 Å². The van der Waals surface area contributed by atoms with E-state index < -0.39 is 42.1 Å². The van der Waals surface area contributed by atoms with E-state index in [1.165, 1.54) is 7.11 Å². The molecule has 2 heterocycles. The van der Waals surface area contributed by atoms with Crippen LogP contribution in [0, 0.1) is 0 Å². The van der Waals surface area contributed by atoms with E-state index in [1.54, 1.807) is 25.2 Å². The van der Waals surface area contributed by atoms with Gasteiger partial charge >= 0.3 is 11.9 Å². The number of phenolic OH excluding ortho intramolecular Hbond substituents is 2. The number of carbonyl (C=O) groups excluding carboxylic acids is 3. The van der Waals surface area contributed by atoms with E-state index in [1.807, 2.05) is 6.08 Å². The quantitative estimate of drug-likeness (QED) is 0.306. The Morgan fingerprint density at radius 1 is 1.29 bits per heavy atom. The number of methoxy groups -OCH3 is 1. The molecule has 0 aromatic heterocycles. The lowest BCUT2D eigenvalue weighted by atomic mass is 9.99. The van der Waals surface area contributed by atoms with E-state index >= 15 is 0 Å². The standard InChI is InChI=1S/C23H25ClN2O9/c1-12-7-18-17(35-18)6-4-3-5-13(26-33-11-19(29)25-10-20(30)32-2)8-14-21(23(31)34-12)15(27)9-16(28)22(14)24/h3-6,9,12,17-18,27-28H,7-8,10-11H2,1-2H3,(H,25,29)/b5-3+,6-4+,26-13+/t12-,17-,18-/m1/s1. The van der Waals surface area contributed by atoms with Gasteiger partial charge in [0, 0.05) is 18.9 Å². The SMILES string of the molecule is COC(=O)CNC(=O)CO\N=C1/C=C/C=C/[C@H]2O[C@@H]2C[C@@H](C)OC(=O)c2c(O)cc(O)c(Cl)c2C1. The maximum atomic E-state index is 12.9. The van der Waals surface area contributed by atoms with Crippen molar-refractivity contribution in [2.45, 2.75) is 38.1 Å². The molecule has 3 rings (SSSR count). The van der Waals surface area contributed by atoms with Crippen LogP contribution in [-0.4, -0.2) is 72.3 Å². The van der Waals surface area contributed by atoms with Crippen LogP contribution in [0.5, 0.6) is 11.5 Å². The first-order valence-corrected chi connectivity index (χ1v) is 11.0. The van der Waals surface area contributed by atoms with Gasteiger partial charge in [-0.05, 0) is 18.6 Å². The molecule has 1 aromatic carbocycles. The normalized spacial score (nSPS) is 24.7. The summed E-state index contributed by atoms with van der Waals surface area (Å²) >= 11 is 6.27. The number of fused-ring (bicyclic) bond motifs is 2. The molecule has 0 aliphatic carbocycles. The number of aromatic hydroxyl groups is 2. The number of rotatable bonds is 5. The molecule has 11 nitrogen and oxygen atoms in total. The summed E-state index contributed by atoms with van der Waals surface area (Å²) in [6, 6.07) is 0.952. The first-order chi connectivity index (χ1) is 16.7. The molecule has 1 fully saturated rings. The van der Waals surface area contributed by atoms with E-state index in [0.717, 1.165) is 6.07 Å². The molecule has 188 valence electrons. The summed E-state index contributed by atoms with van der Waals surface area (Å²) in [6.45, 7) is 0.871. The molecular weight excluding hydrogens is 484 g/mol. The Morgan fingerprint density at radius 2 is 2.06 bits per heavy atom. The molecule has 3 atom stereocenters. The van der Waals surface area contributed by atoms with Crippen LogP contribution in [0.4, 0.5) is 0 Å². The predicted octanol–water partition coefficient (Wildman–Crippen LogP) is 1.78. The monoisotopic (exact) mass is 508 g/mol. The number of ether oxygens (including phenoxy) is 3. The van der Waals surface area contributed by atoms with Gasteiger partial charge in [-0.1, -0.05) is 35.0 Å². The van der Waals surface area contributed by atoms with Crippen molar-refractivity contribution < 1.29 is 43.6 Å². The van der Waals surface area contributed by atoms with Crippen LogP contribution in [0.3, 0.4) is 0 Å². The molecular formula is C23H25ClN2O9. The number of esters is 2. The second-order valence-electron chi connectivity index (χ2n) is 7.80. The summed E-state index contributed by atoms with van der Waals surface area (Å²) in [5.41, 5.74) is 0.0391. The Balaban J connectivity index is 1.88. The van der Waals surface area contributed by atoms with Gasteiger partial charge < -0.3 is 34.6 Å². The van der Waals surface area contributed by atoms with Gasteiger partial charge in [0.1, 0.15) is 35.8 Å². The van der Waals surface area contributed by atoms with Crippen molar-refractivity contribution in [1.82, 2.24) is 5.32 Å². The van der Waals surface area contributed by atoms with Gasteiger partial charge in [-0.3, -0.25) is 9.59 Å². The number of oxime groups is 1. The molecule has 1 aromatic rings. The predicted molar refractivity (Wildman–Crippen MR) is 123 cm³/mol. The zero-order valence-corrected chi connectivity index (χ0v) is 19.8. The van der Waals surface area contributed by atoms with Crippen LogP contribution >= 0.6 is 11.6 Å². The molecule has 0 radical (unpaired) electrons. The largest absolute Gasteiger partial charge is 0.507 e. The van der Waals surface area contributed by atoms with Gasteiger partial charge in [0.2, 0.25) is 0 Å². The highest BCUT2D eigenvalue weighted by Crippen LogP contribution is 2.38. The van der Waals surface area contributed by atoms with Crippen LogP contribution in [0.15, 0.2) is 35.5 Å². The molecule has 1 amide bonds. The Bertz CT molecular complexity index is 1080. The molecule has 2 aliphatic rings. The number of nitrogens with one attached hydrogen (secondary N) is 1. The molecule has 3 N–H and O–H groups in total. The Hall–Kier alpha value is -3.57. The average Bonchev–Trinajstić information content (AvgIpc) is 3.54. The number of halogens is 1. The lowest BCUT2D eigenvalue weighted by molar-refractivity contribution is -0.141. The second-order valence-corrected chi connectivity index (χ2v) is 8.18. The van der Waals surface area contributed by atoms with Crippen LogP contribution in [0.25, 0.3) is 0 Å². The Morgan fingerprint density at radius 3 is 2.80 bits per heavy atom. The Kier molecular flexibility index (Phi) is 8.72. The number of amides is 1. The topological polar surface area (TPSA) is 156 Å². The average molecular weight is 509 g/mol. The molecule has 1 saturated heterocycles. The lowest BCUT2D eigenvalue weighted by Gasteiger charge is -2.17. The summed E-state index contributed by atoms with van der Waals surface area (Å²) in [4.78, 5) is 41.0. The summed E-state index contributed by atoms with van der Waals surface area (Å²) in [5, 5.41) is 26.6. The summed E-state index contributed by atoms with van der Waals surface area (Å²) < 4.78 is 15.5. The fourth-order valence-corrected chi connectivity index (χ4v) is 3.54. The molecule has 0 spiro atoms. The number of hydrogen-bond acceptors (Lipinski definition) is 10. The van der Waals surface area contributed by atoms with E-state index in [0.29, 0.717) is 6.42 Å². The van der Waals surface area contributed by atoms with Gasteiger partial charge in [0.15, 0.2) is 6.61 Å².